The first-order valence-electron chi connectivity index (χ1n) is 7.36. The van der Waals surface area contributed by atoms with E-state index in [1.165, 1.54) is 12.1 Å². The van der Waals surface area contributed by atoms with Gasteiger partial charge in [-0.05, 0) is 17.7 Å². The van der Waals surface area contributed by atoms with Gasteiger partial charge in [-0.1, -0.05) is 12.1 Å². The van der Waals surface area contributed by atoms with Gasteiger partial charge in [-0.3, -0.25) is 14.4 Å². The third kappa shape index (κ3) is 6.79. The van der Waals surface area contributed by atoms with Crippen molar-refractivity contribution in [1.82, 2.24) is 10.6 Å². The number of aromatic hydroxyl groups is 1. The maximum absolute atomic E-state index is 12.3. The molecular weight excluding hydrogens is 314 g/mol. The predicted octanol–water partition coefficient (Wildman–Crippen LogP) is 0.487. The van der Waals surface area contributed by atoms with Gasteiger partial charge >= 0.3 is 5.97 Å². The summed E-state index contributed by atoms with van der Waals surface area (Å²) in [6.07, 6.45) is -0.295. The van der Waals surface area contributed by atoms with Gasteiger partial charge in [0.25, 0.3) is 0 Å². The Morgan fingerprint density at radius 2 is 1.79 bits per heavy atom. The molecule has 1 unspecified atom stereocenters. The van der Waals surface area contributed by atoms with E-state index in [1.54, 1.807) is 12.1 Å². The van der Waals surface area contributed by atoms with Gasteiger partial charge in [0.05, 0.1) is 24.8 Å². The van der Waals surface area contributed by atoms with E-state index in [1.807, 2.05) is 6.07 Å². The number of carboxylic acid groups (broad SMARTS) is 1. The number of amides is 2. The van der Waals surface area contributed by atoms with Crippen molar-refractivity contribution in [2.75, 3.05) is 13.1 Å². The Balaban J connectivity index is 2.72. The summed E-state index contributed by atoms with van der Waals surface area (Å²) < 4.78 is 0. The summed E-state index contributed by atoms with van der Waals surface area (Å²) in [6, 6.07) is 7.89. The number of phenolic OH excluding ortho intramolecular Hbond substituents is 1. The zero-order valence-electron chi connectivity index (χ0n) is 13.0. The van der Waals surface area contributed by atoms with E-state index in [-0.39, 0.29) is 44.0 Å². The quantitative estimate of drug-likeness (QED) is 0.485. The van der Waals surface area contributed by atoms with Crippen LogP contribution in [0.15, 0.2) is 24.3 Å². The molecule has 0 saturated carbocycles. The molecule has 2 amide bonds. The van der Waals surface area contributed by atoms with Crippen LogP contribution in [0.4, 0.5) is 0 Å². The Kier molecular flexibility index (Phi) is 7.78. The number of carboxylic acids is 1. The van der Waals surface area contributed by atoms with Crippen LogP contribution in [-0.4, -0.2) is 41.1 Å². The minimum Gasteiger partial charge on any atom is -0.508 e. The molecule has 0 fully saturated rings. The Labute approximate surface area is 139 Å². The van der Waals surface area contributed by atoms with E-state index in [0.717, 1.165) is 0 Å². The van der Waals surface area contributed by atoms with Gasteiger partial charge in [-0.25, -0.2) is 0 Å². The molecule has 1 rings (SSSR count). The lowest BCUT2D eigenvalue weighted by molar-refractivity contribution is -0.139. The van der Waals surface area contributed by atoms with Gasteiger partial charge in [-0.2, -0.15) is 5.26 Å². The summed E-state index contributed by atoms with van der Waals surface area (Å²) in [7, 11) is 0. The summed E-state index contributed by atoms with van der Waals surface area (Å²) in [5.41, 5.74) is 0.584. The van der Waals surface area contributed by atoms with Gasteiger partial charge < -0.3 is 20.8 Å². The van der Waals surface area contributed by atoms with E-state index < -0.39 is 17.8 Å². The zero-order valence-corrected chi connectivity index (χ0v) is 13.0. The minimum atomic E-state index is -1.07. The molecule has 0 aliphatic heterocycles. The average molecular weight is 333 g/mol. The second-order valence-electron chi connectivity index (χ2n) is 5.04. The van der Waals surface area contributed by atoms with Crippen LogP contribution >= 0.6 is 0 Å². The van der Waals surface area contributed by atoms with Gasteiger partial charge in [0, 0.05) is 19.5 Å². The van der Waals surface area contributed by atoms with E-state index in [2.05, 4.69) is 10.6 Å². The van der Waals surface area contributed by atoms with Crippen LogP contribution in [0.5, 0.6) is 5.75 Å². The van der Waals surface area contributed by atoms with Crippen LogP contribution in [0, 0.1) is 11.3 Å². The molecule has 0 heterocycles. The molecule has 0 radical (unpaired) electrons. The fraction of sp³-hybridized carbons (Fsp3) is 0.375. The van der Waals surface area contributed by atoms with Gasteiger partial charge in [0.15, 0.2) is 0 Å². The summed E-state index contributed by atoms with van der Waals surface area (Å²) in [6.45, 7) is 0.179. The largest absolute Gasteiger partial charge is 0.508 e. The predicted molar refractivity (Wildman–Crippen MR) is 84.0 cm³/mol. The van der Waals surface area contributed by atoms with Crippen molar-refractivity contribution in [3.05, 3.63) is 29.8 Å². The van der Waals surface area contributed by atoms with Crippen molar-refractivity contribution in [3.8, 4) is 11.8 Å². The van der Waals surface area contributed by atoms with Crippen LogP contribution in [0.1, 0.15) is 30.7 Å². The Hall–Kier alpha value is -3.08. The van der Waals surface area contributed by atoms with Crippen molar-refractivity contribution >= 4 is 17.8 Å². The van der Waals surface area contributed by atoms with Crippen LogP contribution in [0.2, 0.25) is 0 Å². The summed E-state index contributed by atoms with van der Waals surface area (Å²) >= 11 is 0. The number of nitrogens with one attached hydrogen (secondary N) is 2. The molecule has 24 heavy (non-hydrogen) atoms. The fourth-order valence-electron chi connectivity index (χ4n) is 1.96. The third-order valence-corrected chi connectivity index (χ3v) is 3.22. The molecule has 8 nitrogen and oxygen atoms in total. The topological polar surface area (TPSA) is 140 Å². The number of hydrogen-bond acceptors (Lipinski definition) is 5. The second-order valence-corrected chi connectivity index (χ2v) is 5.04. The van der Waals surface area contributed by atoms with Crippen LogP contribution in [-0.2, 0) is 14.4 Å². The normalized spacial score (nSPS) is 11.1. The van der Waals surface area contributed by atoms with Crippen molar-refractivity contribution in [3.63, 3.8) is 0 Å². The number of nitrogens with zero attached hydrogens (tertiary/aromatic N) is 1. The lowest BCUT2D eigenvalue weighted by Gasteiger charge is -2.18. The first kappa shape index (κ1) is 19.0. The number of aliphatic carboxylic acids is 1. The van der Waals surface area contributed by atoms with Crippen molar-refractivity contribution in [1.29, 1.82) is 5.26 Å². The highest BCUT2D eigenvalue weighted by Crippen LogP contribution is 2.19. The number of nitriles is 1. The number of benzene rings is 1. The number of rotatable bonds is 9. The molecule has 0 spiro atoms. The Morgan fingerprint density at radius 3 is 2.38 bits per heavy atom. The summed E-state index contributed by atoms with van der Waals surface area (Å²) in [4.78, 5) is 34.3. The molecule has 1 aromatic rings. The monoisotopic (exact) mass is 333 g/mol. The summed E-state index contributed by atoms with van der Waals surface area (Å²) in [5, 5.41) is 31.5. The molecule has 0 saturated heterocycles. The maximum atomic E-state index is 12.3. The highest BCUT2D eigenvalue weighted by molar-refractivity contribution is 5.85. The van der Waals surface area contributed by atoms with Crippen molar-refractivity contribution < 1.29 is 24.6 Å². The lowest BCUT2D eigenvalue weighted by atomic mass is 9.97. The molecule has 128 valence electrons. The summed E-state index contributed by atoms with van der Waals surface area (Å²) in [5.74, 6) is -2.57. The maximum Gasteiger partial charge on any atom is 0.303 e. The van der Waals surface area contributed by atoms with E-state index in [9.17, 15) is 19.5 Å². The number of carbonyl (C=O) groups is 3. The minimum absolute atomic E-state index is 0.0123. The molecule has 1 atom stereocenters. The third-order valence-electron chi connectivity index (χ3n) is 3.22. The highest BCUT2D eigenvalue weighted by Gasteiger charge is 2.21. The van der Waals surface area contributed by atoms with Crippen molar-refractivity contribution in [2.24, 2.45) is 0 Å². The van der Waals surface area contributed by atoms with Crippen molar-refractivity contribution in [2.45, 2.75) is 25.2 Å². The number of hydrogen-bond donors (Lipinski definition) is 4. The molecule has 0 aliphatic carbocycles. The zero-order chi connectivity index (χ0) is 17.9. The first-order chi connectivity index (χ1) is 11.4. The molecule has 0 bridgehead atoms. The van der Waals surface area contributed by atoms with Gasteiger partial charge in [0.2, 0.25) is 11.8 Å². The number of phenols is 1. The van der Waals surface area contributed by atoms with E-state index >= 15 is 0 Å². The van der Waals surface area contributed by atoms with E-state index in [4.69, 9.17) is 10.4 Å². The lowest BCUT2D eigenvalue weighted by Crippen LogP contribution is -2.37. The Bertz CT molecular complexity index is 622. The molecule has 0 aromatic heterocycles. The van der Waals surface area contributed by atoms with E-state index in [0.29, 0.717) is 5.56 Å². The molecule has 1 aromatic carbocycles. The molecule has 0 aliphatic rings. The first-order valence-corrected chi connectivity index (χ1v) is 7.36. The SMILES string of the molecule is N#CCCNC(=O)C(CNC(=O)CCC(=O)O)c1ccc(O)cc1. The fourth-order valence-corrected chi connectivity index (χ4v) is 1.96. The molecule has 4 N–H and O–H groups in total. The Morgan fingerprint density at radius 1 is 1.12 bits per heavy atom. The van der Waals surface area contributed by atoms with Gasteiger partial charge in [0.1, 0.15) is 5.75 Å². The molecular formula is C16H19N3O5. The number of carbonyl (C=O) groups excluding carboxylic acids is 2. The van der Waals surface area contributed by atoms with Crippen LogP contribution in [0.25, 0.3) is 0 Å². The van der Waals surface area contributed by atoms with Crippen LogP contribution in [0.3, 0.4) is 0 Å². The average Bonchev–Trinajstić information content (AvgIpc) is 2.55. The standard InChI is InChI=1S/C16H19N3O5/c17-8-1-9-18-16(24)13(11-2-4-12(20)5-3-11)10-19-14(21)6-7-15(22)23/h2-5,13,20H,1,6-7,9-10H2,(H,18,24)(H,19,21)(H,22,23). The smallest absolute Gasteiger partial charge is 0.303 e. The van der Waals surface area contributed by atoms with Gasteiger partial charge in [-0.15, -0.1) is 0 Å². The van der Waals surface area contributed by atoms with Crippen LogP contribution < -0.4 is 10.6 Å². The molecule has 8 heteroatoms. The second kappa shape index (κ2) is 9.84. The highest BCUT2D eigenvalue weighted by atomic mass is 16.4.